The van der Waals surface area contributed by atoms with Gasteiger partial charge < -0.3 is 10.1 Å². The van der Waals surface area contributed by atoms with Crippen LogP contribution in [0.5, 0.6) is 0 Å². The number of hydrogen-bond donors (Lipinski definition) is 1. The summed E-state index contributed by atoms with van der Waals surface area (Å²) in [6.07, 6.45) is -0.475. The highest BCUT2D eigenvalue weighted by Gasteiger charge is 2.34. The van der Waals surface area contributed by atoms with Crippen molar-refractivity contribution in [3.63, 3.8) is 0 Å². The van der Waals surface area contributed by atoms with Gasteiger partial charge in [0.15, 0.2) is 0 Å². The summed E-state index contributed by atoms with van der Waals surface area (Å²) in [6.45, 7) is 15.1. The summed E-state index contributed by atoms with van der Waals surface area (Å²) in [4.78, 5) is 14.0. The summed E-state index contributed by atoms with van der Waals surface area (Å²) < 4.78 is 18.5. The highest BCUT2D eigenvalue weighted by atomic mass is 19.1. The van der Waals surface area contributed by atoms with Crippen molar-refractivity contribution in [1.82, 2.24) is 10.2 Å². The third kappa shape index (κ3) is 9.18. The van der Waals surface area contributed by atoms with Gasteiger partial charge in [-0.3, -0.25) is 9.29 Å². The monoisotopic (exact) mass is 368 g/mol. The van der Waals surface area contributed by atoms with Crippen molar-refractivity contribution in [3.8, 4) is 0 Å². The Morgan fingerprint density at radius 2 is 1.73 bits per heavy atom. The highest BCUT2D eigenvalue weighted by molar-refractivity contribution is 5.68. The molecule has 0 aromatic heterocycles. The number of benzene rings is 1. The summed E-state index contributed by atoms with van der Waals surface area (Å²) in [5.41, 5.74) is 0.649. The molecule has 0 radical (unpaired) electrons. The van der Waals surface area contributed by atoms with Gasteiger partial charge in [-0.25, -0.2) is 4.79 Å². The SMILES string of the molecule is CC.CC.CC(C)(C)OC(=O)NC1CN(Cc2ccccc2)CC1CF. The Balaban J connectivity index is 0.00000146. The molecular formula is C21H37FN2O2. The molecule has 1 aliphatic heterocycles. The Morgan fingerprint density at radius 3 is 2.23 bits per heavy atom. The summed E-state index contributed by atoms with van der Waals surface area (Å²) in [5, 5.41) is 2.81. The van der Waals surface area contributed by atoms with Gasteiger partial charge in [0.1, 0.15) is 5.60 Å². The van der Waals surface area contributed by atoms with E-state index in [1.165, 1.54) is 5.56 Å². The van der Waals surface area contributed by atoms with Crippen molar-refractivity contribution < 1.29 is 13.9 Å². The smallest absolute Gasteiger partial charge is 0.407 e. The van der Waals surface area contributed by atoms with Crippen LogP contribution in [0.2, 0.25) is 0 Å². The van der Waals surface area contributed by atoms with E-state index in [4.69, 9.17) is 4.74 Å². The Labute approximate surface area is 159 Å². The van der Waals surface area contributed by atoms with E-state index in [9.17, 15) is 9.18 Å². The van der Waals surface area contributed by atoms with Crippen LogP contribution in [-0.2, 0) is 11.3 Å². The third-order valence-electron chi connectivity index (χ3n) is 3.67. The van der Waals surface area contributed by atoms with E-state index in [1.807, 2.05) is 66.7 Å². The first-order valence-corrected chi connectivity index (χ1v) is 9.69. The lowest BCUT2D eigenvalue weighted by atomic mass is 10.1. The normalized spacial score (nSPS) is 19.5. The number of alkyl halides is 1. The predicted molar refractivity (Wildman–Crippen MR) is 107 cm³/mol. The maximum atomic E-state index is 13.2. The third-order valence-corrected chi connectivity index (χ3v) is 3.67. The first-order chi connectivity index (χ1) is 12.4. The molecule has 2 rings (SSSR count). The minimum absolute atomic E-state index is 0.184. The molecule has 0 aliphatic carbocycles. The molecule has 26 heavy (non-hydrogen) atoms. The first kappa shape index (κ1) is 24.4. The van der Waals surface area contributed by atoms with Crippen LogP contribution in [0.1, 0.15) is 54.0 Å². The molecule has 1 N–H and O–H groups in total. The number of amides is 1. The fraction of sp³-hybridized carbons (Fsp3) is 0.667. The van der Waals surface area contributed by atoms with Crippen LogP contribution in [0.15, 0.2) is 30.3 Å². The number of nitrogens with zero attached hydrogens (tertiary/aromatic N) is 1. The van der Waals surface area contributed by atoms with Crippen LogP contribution in [0.4, 0.5) is 9.18 Å². The molecule has 1 aromatic carbocycles. The van der Waals surface area contributed by atoms with E-state index in [1.54, 1.807) is 0 Å². The zero-order valence-electron chi connectivity index (χ0n) is 17.5. The Kier molecular flexibility index (Phi) is 11.9. The maximum Gasteiger partial charge on any atom is 0.407 e. The van der Waals surface area contributed by atoms with Crippen LogP contribution < -0.4 is 5.32 Å². The van der Waals surface area contributed by atoms with E-state index in [0.717, 1.165) is 6.54 Å². The maximum absolute atomic E-state index is 13.2. The lowest BCUT2D eigenvalue weighted by Crippen LogP contribution is -2.43. The predicted octanol–water partition coefficient (Wildman–Crippen LogP) is 5.03. The van der Waals surface area contributed by atoms with Gasteiger partial charge in [0, 0.05) is 25.6 Å². The fourth-order valence-corrected chi connectivity index (χ4v) is 2.71. The van der Waals surface area contributed by atoms with Crippen molar-refractivity contribution >= 4 is 6.09 Å². The molecule has 0 saturated carbocycles. The van der Waals surface area contributed by atoms with Gasteiger partial charge in [0.05, 0.1) is 12.7 Å². The topological polar surface area (TPSA) is 41.6 Å². The summed E-state index contributed by atoms with van der Waals surface area (Å²) in [6, 6.07) is 9.87. The van der Waals surface area contributed by atoms with Crippen molar-refractivity contribution in [2.24, 2.45) is 5.92 Å². The number of alkyl carbamates (subject to hydrolysis) is 1. The van der Waals surface area contributed by atoms with E-state index in [-0.39, 0.29) is 12.0 Å². The van der Waals surface area contributed by atoms with Gasteiger partial charge in [-0.15, -0.1) is 0 Å². The number of carbonyl (C=O) groups excluding carboxylic acids is 1. The summed E-state index contributed by atoms with van der Waals surface area (Å²) in [5.74, 6) is -0.184. The van der Waals surface area contributed by atoms with Crippen LogP contribution in [-0.4, -0.2) is 42.4 Å². The standard InChI is InChI=1S/C17H25FN2O2.2C2H6/c1-17(2,3)22-16(21)19-15-12-20(11-14(15)9-18)10-13-7-5-4-6-8-13;2*1-2/h4-8,14-15H,9-12H2,1-3H3,(H,19,21);2*1-2H3. The van der Waals surface area contributed by atoms with Gasteiger partial charge in [-0.05, 0) is 26.3 Å². The minimum atomic E-state index is -0.544. The number of rotatable bonds is 4. The molecule has 0 bridgehead atoms. The Bertz CT molecular complexity index is 489. The second kappa shape index (κ2) is 12.7. The van der Waals surface area contributed by atoms with Gasteiger partial charge >= 0.3 is 6.09 Å². The summed E-state index contributed by atoms with van der Waals surface area (Å²) >= 11 is 0. The van der Waals surface area contributed by atoms with E-state index >= 15 is 0 Å². The molecule has 2 atom stereocenters. The van der Waals surface area contributed by atoms with Crippen molar-refractivity contribution in [2.75, 3.05) is 19.8 Å². The van der Waals surface area contributed by atoms with E-state index in [0.29, 0.717) is 13.1 Å². The number of likely N-dealkylation sites (tertiary alicyclic amines) is 1. The van der Waals surface area contributed by atoms with Gasteiger partial charge in [0.2, 0.25) is 0 Å². The molecule has 5 heteroatoms. The second-order valence-electron chi connectivity index (χ2n) is 6.85. The molecule has 0 spiro atoms. The average Bonchev–Trinajstić information content (AvgIpc) is 2.99. The Morgan fingerprint density at radius 1 is 1.15 bits per heavy atom. The largest absolute Gasteiger partial charge is 0.444 e. The molecule has 1 amide bonds. The van der Waals surface area contributed by atoms with Crippen LogP contribution in [0.25, 0.3) is 0 Å². The Hall–Kier alpha value is -1.62. The number of hydrogen-bond acceptors (Lipinski definition) is 3. The lowest BCUT2D eigenvalue weighted by Gasteiger charge is -2.23. The quantitative estimate of drug-likeness (QED) is 0.810. The van der Waals surface area contributed by atoms with Gasteiger partial charge in [0.25, 0.3) is 0 Å². The van der Waals surface area contributed by atoms with Crippen molar-refractivity contribution in [1.29, 1.82) is 0 Å². The zero-order chi connectivity index (χ0) is 20.2. The first-order valence-electron chi connectivity index (χ1n) is 9.69. The summed E-state index contributed by atoms with van der Waals surface area (Å²) in [7, 11) is 0. The number of nitrogens with one attached hydrogen (secondary N) is 1. The molecule has 1 saturated heterocycles. The van der Waals surface area contributed by atoms with Gasteiger partial charge in [-0.2, -0.15) is 0 Å². The molecule has 2 unspecified atom stereocenters. The molecule has 1 heterocycles. The molecule has 150 valence electrons. The number of halogens is 1. The fourth-order valence-electron chi connectivity index (χ4n) is 2.71. The molecule has 4 nitrogen and oxygen atoms in total. The lowest BCUT2D eigenvalue weighted by molar-refractivity contribution is 0.0493. The number of carbonyl (C=O) groups is 1. The molecule has 1 fully saturated rings. The van der Waals surface area contributed by atoms with Crippen LogP contribution in [0, 0.1) is 5.92 Å². The second-order valence-corrected chi connectivity index (χ2v) is 6.85. The van der Waals surface area contributed by atoms with Gasteiger partial charge in [-0.1, -0.05) is 58.0 Å². The number of ether oxygens (including phenoxy) is 1. The van der Waals surface area contributed by atoms with Crippen molar-refractivity contribution in [3.05, 3.63) is 35.9 Å². The molecular weight excluding hydrogens is 331 g/mol. The average molecular weight is 369 g/mol. The highest BCUT2D eigenvalue weighted by Crippen LogP contribution is 2.20. The van der Waals surface area contributed by atoms with Crippen LogP contribution >= 0.6 is 0 Å². The molecule has 1 aromatic rings. The zero-order valence-corrected chi connectivity index (χ0v) is 17.5. The van der Waals surface area contributed by atoms with Crippen LogP contribution in [0.3, 0.4) is 0 Å². The molecule has 1 aliphatic rings. The van der Waals surface area contributed by atoms with E-state index in [2.05, 4.69) is 22.3 Å². The van der Waals surface area contributed by atoms with E-state index < -0.39 is 18.4 Å². The minimum Gasteiger partial charge on any atom is -0.444 e. The van der Waals surface area contributed by atoms with Crippen molar-refractivity contribution in [2.45, 2.75) is 66.7 Å².